The molecule has 0 aliphatic rings. The molecular formula is C24H28ClN3O3. The molecule has 0 bridgehead atoms. The van der Waals surface area contributed by atoms with E-state index in [1.807, 2.05) is 24.3 Å². The van der Waals surface area contributed by atoms with Crippen molar-refractivity contribution in [1.82, 2.24) is 15.1 Å². The maximum atomic E-state index is 13.0. The molecule has 0 atom stereocenters. The molecule has 0 aliphatic carbocycles. The highest BCUT2D eigenvalue weighted by Crippen LogP contribution is 2.33. The third kappa shape index (κ3) is 5.58. The van der Waals surface area contributed by atoms with Gasteiger partial charge in [0.15, 0.2) is 0 Å². The third-order valence-electron chi connectivity index (χ3n) is 5.01. The second kappa shape index (κ2) is 10.9. The molecule has 0 unspecified atom stereocenters. The molecule has 6 nitrogen and oxygen atoms in total. The van der Waals surface area contributed by atoms with Crippen LogP contribution in [0.25, 0.3) is 16.9 Å². The molecule has 1 amide bonds. The number of ether oxygens (including phenoxy) is 2. The van der Waals surface area contributed by atoms with Gasteiger partial charge in [0.1, 0.15) is 17.2 Å². The Labute approximate surface area is 188 Å². The molecule has 31 heavy (non-hydrogen) atoms. The summed E-state index contributed by atoms with van der Waals surface area (Å²) in [6.45, 7) is 2.80. The van der Waals surface area contributed by atoms with Crippen molar-refractivity contribution in [3.8, 4) is 28.4 Å². The average molecular weight is 442 g/mol. The molecule has 164 valence electrons. The van der Waals surface area contributed by atoms with Crippen LogP contribution < -0.4 is 14.8 Å². The van der Waals surface area contributed by atoms with Gasteiger partial charge in [-0.1, -0.05) is 37.8 Å². The maximum Gasteiger partial charge on any atom is 0.270 e. The van der Waals surface area contributed by atoms with Crippen LogP contribution in [0.3, 0.4) is 0 Å². The van der Waals surface area contributed by atoms with E-state index in [4.69, 9.17) is 26.2 Å². The van der Waals surface area contributed by atoms with Crippen molar-refractivity contribution in [2.75, 3.05) is 20.8 Å². The van der Waals surface area contributed by atoms with Crippen LogP contribution in [0.5, 0.6) is 11.5 Å². The van der Waals surface area contributed by atoms with Crippen molar-refractivity contribution in [2.45, 2.75) is 32.6 Å². The van der Waals surface area contributed by atoms with Crippen LogP contribution in [-0.2, 0) is 0 Å². The van der Waals surface area contributed by atoms with Crippen LogP contribution in [0.2, 0.25) is 5.02 Å². The lowest BCUT2D eigenvalue weighted by atomic mass is 10.1. The van der Waals surface area contributed by atoms with Gasteiger partial charge in [0, 0.05) is 23.2 Å². The van der Waals surface area contributed by atoms with Crippen LogP contribution >= 0.6 is 11.6 Å². The van der Waals surface area contributed by atoms with Crippen molar-refractivity contribution in [1.29, 1.82) is 0 Å². The monoisotopic (exact) mass is 441 g/mol. The molecule has 0 saturated carbocycles. The zero-order valence-electron chi connectivity index (χ0n) is 18.2. The summed E-state index contributed by atoms with van der Waals surface area (Å²) < 4.78 is 12.4. The Kier molecular flexibility index (Phi) is 7.95. The van der Waals surface area contributed by atoms with Gasteiger partial charge in [-0.15, -0.1) is 0 Å². The first-order chi connectivity index (χ1) is 15.1. The summed E-state index contributed by atoms with van der Waals surface area (Å²) >= 11 is 6.04. The number of rotatable bonds is 10. The van der Waals surface area contributed by atoms with E-state index in [1.165, 1.54) is 6.42 Å². The topological polar surface area (TPSA) is 65.4 Å². The van der Waals surface area contributed by atoms with Gasteiger partial charge in [0.2, 0.25) is 0 Å². The van der Waals surface area contributed by atoms with E-state index in [0.717, 1.165) is 30.5 Å². The Morgan fingerprint density at radius 1 is 1.03 bits per heavy atom. The predicted molar refractivity (Wildman–Crippen MR) is 124 cm³/mol. The molecular weight excluding hydrogens is 414 g/mol. The van der Waals surface area contributed by atoms with Crippen molar-refractivity contribution in [3.05, 3.63) is 59.2 Å². The number of hydrogen-bond donors (Lipinski definition) is 1. The van der Waals surface area contributed by atoms with Crippen molar-refractivity contribution in [2.24, 2.45) is 0 Å². The zero-order valence-corrected chi connectivity index (χ0v) is 18.9. The van der Waals surface area contributed by atoms with Crippen LogP contribution in [-0.4, -0.2) is 36.5 Å². The quantitative estimate of drug-likeness (QED) is 0.421. The Morgan fingerprint density at radius 3 is 2.48 bits per heavy atom. The lowest BCUT2D eigenvalue weighted by molar-refractivity contribution is 0.0945. The van der Waals surface area contributed by atoms with E-state index in [1.54, 1.807) is 43.2 Å². The number of methoxy groups -OCH3 is 2. The maximum absolute atomic E-state index is 13.0. The predicted octanol–water partition coefficient (Wildman–Crippen LogP) is 5.52. The highest BCUT2D eigenvalue weighted by atomic mass is 35.5. The smallest absolute Gasteiger partial charge is 0.270 e. The van der Waals surface area contributed by atoms with Gasteiger partial charge in [-0.25, -0.2) is 4.68 Å². The van der Waals surface area contributed by atoms with E-state index in [-0.39, 0.29) is 5.91 Å². The molecule has 1 heterocycles. The van der Waals surface area contributed by atoms with E-state index in [0.29, 0.717) is 34.5 Å². The van der Waals surface area contributed by atoms with Gasteiger partial charge in [-0.2, -0.15) is 5.10 Å². The Balaban J connectivity index is 1.96. The van der Waals surface area contributed by atoms with Crippen LogP contribution in [0.1, 0.15) is 43.1 Å². The summed E-state index contributed by atoms with van der Waals surface area (Å²) in [6, 6.07) is 14.5. The number of halogens is 1. The average Bonchev–Trinajstić information content (AvgIpc) is 3.24. The summed E-state index contributed by atoms with van der Waals surface area (Å²) in [6.07, 6.45) is 4.37. The van der Waals surface area contributed by atoms with E-state index < -0.39 is 0 Å². The number of benzene rings is 2. The minimum atomic E-state index is -0.169. The molecule has 0 aliphatic heterocycles. The van der Waals surface area contributed by atoms with Crippen LogP contribution in [0, 0.1) is 0 Å². The first kappa shape index (κ1) is 22.7. The largest absolute Gasteiger partial charge is 0.497 e. The molecule has 0 fully saturated rings. The molecule has 1 aromatic heterocycles. The number of aromatic nitrogens is 2. The SMILES string of the molecule is CCCCCCNC(=O)c1cc(-c2ccc(OC)cc2OC)nn1-c1ccc(Cl)cc1. The van der Waals surface area contributed by atoms with E-state index in [9.17, 15) is 4.79 Å². The first-order valence-electron chi connectivity index (χ1n) is 10.4. The van der Waals surface area contributed by atoms with Crippen molar-refractivity contribution in [3.63, 3.8) is 0 Å². The Bertz CT molecular complexity index is 1020. The van der Waals surface area contributed by atoms with Crippen molar-refractivity contribution >= 4 is 17.5 Å². The number of hydrogen-bond acceptors (Lipinski definition) is 4. The van der Waals surface area contributed by atoms with Gasteiger partial charge >= 0.3 is 0 Å². The molecule has 0 saturated heterocycles. The lowest BCUT2D eigenvalue weighted by Gasteiger charge is -2.09. The van der Waals surface area contributed by atoms with Gasteiger partial charge < -0.3 is 14.8 Å². The number of nitrogens with one attached hydrogen (secondary N) is 1. The normalized spacial score (nSPS) is 10.7. The van der Waals surface area contributed by atoms with Crippen molar-refractivity contribution < 1.29 is 14.3 Å². The molecule has 2 aromatic carbocycles. The fourth-order valence-corrected chi connectivity index (χ4v) is 3.43. The number of unbranched alkanes of at least 4 members (excludes halogenated alkanes) is 3. The number of nitrogens with zero attached hydrogens (tertiary/aromatic N) is 2. The fourth-order valence-electron chi connectivity index (χ4n) is 3.31. The summed E-state index contributed by atoms with van der Waals surface area (Å²) in [5.74, 6) is 1.13. The molecule has 3 rings (SSSR count). The fraction of sp³-hybridized carbons (Fsp3) is 0.333. The third-order valence-corrected chi connectivity index (χ3v) is 5.27. The van der Waals surface area contributed by atoms with Gasteiger partial charge in [0.05, 0.1) is 25.6 Å². The van der Waals surface area contributed by atoms with E-state index in [2.05, 4.69) is 12.2 Å². The molecule has 7 heteroatoms. The Morgan fingerprint density at radius 2 is 1.81 bits per heavy atom. The first-order valence-corrected chi connectivity index (χ1v) is 10.8. The summed E-state index contributed by atoms with van der Waals surface area (Å²) in [5.41, 5.74) is 2.60. The molecule has 0 radical (unpaired) electrons. The van der Waals surface area contributed by atoms with E-state index >= 15 is 0 Å². The lowest BCUT2D eigenvalue weighted by Crippen LogP contribution is -2.26. The minimum absolute atomic E-state index is 0.169. The second-order valence-corrected chi connectivity index (χ2v) is 7.62. The summed E-state index contributed by atoms with van der Waals surface area (Å²) in [7, 11) is 3.20. The van der Waals surface area contributed by atoms with Gasteiger partial charge in [0.25, 0.3) is 5.91 Å². The minimum Gasteiger partial charge on any atom is -0.497 e. The zero-order chi connectivity index (χ0) is 22.2. The molecule has 3 aromatic rings. The van der Waals surface area contributed by atoms with Crippen LogP contribution in [0.4, 0.5) is 0 Å². The molecule has 0 spiro atoms. The van der Waals surface area contributed by atoms with Crippen LogP contribution in [0.15, 0.2) is 48.5 Å². The van der Waals surface area contributed by atoms with Gasteiger partial charge in [-0.3, -0.25) is 4.79 Å². The summed E-state index contributed by atoms with van der Waals surface area (Å²) in [4.78, 5) is 13.0. The number of amides is 1. The highest BCUT2D eigenvalue weighted by molar-refractivity contribution is 6.30. The highest BCUT2D eigenvalue weighted by Gasteiger charge is 2.19. The standard InChI is InChI=1S/C24H28ClN3O3/c1-4-5-6-7-14-26-24(29)22-16-21(20-13-12-19(30-2)15-23(20)31-3)27-28(22)18-10-8-17(25)9-11-18/h8-13,15-16H,4-7,14H2,1-3H3,(H,26,29). The molecule has 1 N–H and O–H groups in total. The summed E-state index contributed by atoms with van der Waals surface area (Å²) in [5, 5.41) is 8.35. The second-order valence-electron chi connectivity index (χ2n) is 7.19. The number of carbonyl (C=O) groups excluding carboxylic acids is 1. The Hall–Kier alpha value is -2.99. The number of carbonyl (C=O) groups is 1. The van der Waals surface area contributed by atoms with Gasteiger partial charge in [-0.05, 0) is 48.9 Å².